The van der Waals surface area contributed by atoms with Crippen LogP contribution in [0.1, 0.15) is 24.5 Å². The number of aryl methyl sites for hydroxylation is 1. The maximum atomic E-state index is 12.8. The summed E-state index contributed by atoms with van der Waals surface area (Å²) in [6.45, 7) is 2.07. The number of aliphatic imine (C=N–C) groups is 1. The zero-order valence-electron chi connectivity index (χ0n) is 15.8. The molecular weight excluding hydrogens is 394 g/mol. The van der Waals surface area contributed by atoms with Gasteiger partial charge in [0.25, 0.3) is 10.0 Å². The lowest BCUT2D eigenvalue weighted by Crippen LogP contribution is -2.31. The summed E-state index contributed by atoms with van der Waals surface area (Å²) >= 11 is 1.61. The van der Waals surface area contributed by atoms with Crippen LogP contribution in [-0.4, -0.2) is 38.2 Å². The van der Waals surface area contributed by atoms with E-state index in [0.29, 0.717) is 17.7 Å². The first-order valence-corrected chi connectivity index (χ1v) is 11.9. The molecule has 0 fully saturated rings. The summed E-state index contributed by atoms with van der Waals surface area (Å²) < 4.78 is 27.0. The van der Waals surface area contributed by atoms with Gasteiger partial charge < -0.3 is 5.32 Å². The first-order chi connectivity index (χ1) is 13.4. The zero-order valence-corrected chi connectivity index (χ0v) is 17.4. The highest BCUT2D eigenvalue weighted by Crippen LogP contribution is 2.23. The quantitative estimate of drug-likeness (QED) is 0.725. The number of amidine groups is 1. The molecular formula is C20H23N3O3S2. The van der Waals surface area contributed by atoms with Gasteiger partial charge in [0.2, 0.25) is 5.91 Å². The molecule has 0 saturated heterocycles. The van der Waals surface area contributed by atoms with Gasteiger partial charge in [0, 0.05) is 11.3 Å². The standard InChI is InChI=1S/C20H23N3O3S2/c1-3-14-8-10-15(11-9-14)21-20(24)17(12-13-27-2)22-19-16-6-4-5-7-18(16)28(25,26)23-19/h4-11,17H,3,12-13H2,1-2H3,(H,21,24)(H,22,23)/t17-/m1/s1. The molecule has 2 aromatic carbocycles. The van der Waals surface area contributed by atoms with Crippen molar-refractivity contribution in [3.05, 3.63) is 59.7 Å². The molecule has 1 atom stereocenters. The minimum absolute atomic E-state index is 0.188. The van der Waals surface area contributed by atoms with Crippen LogP contribution in [0.2, 0.25) is 0 Å². The minimum atomic E-state index is -3.63. The molecule has 0 aliphatic carbocycles. The second-order valence-corrected chi connectivity index (χ2v) is 9.05. The summed E-state index contributed by atoms with van der Waals surface area (Å²) in [6, 6.07) is 13.6. The molecule has 0 aromatic heterocycles. The van der Waals surface area contributed by atoms with E-state index >= 15 is 0 Å². The average molecular weight is 418 g/mol. The first-order valence-electron chi connectivity index (χ1n) is 9.03. The van der Waals surface area contributed by atoms with Crippen LogP contribution >= 0.6 is 11.8 Å². The van der Waals surface area contributed by atoms with Gasteiger partial charge in [0.1, 0.15) is 11.9 Å². The smallest absolute Gasteiger partial charge is 0.263 e. The van der Waals surface area contributed by atoms with E-state index in [1.54, 1.807) is 30.0 Å². The molecule has 148 valence electrons. The monoisotopic (exact) mass is 417 g/mol. The lowest BCUT2D eigenvalue weighted by Gasteiger charge is -2.14. The van der Waals surface area contributed by atoms with Crippen LogP contribution in [0.5, 0.6) is 0 Å². The second kappa shape index (κ2) is 8.79. The van der Waals surface area contributed by atoms with Crippen molar-refractivity contribution in [2.75, 3.05) is 17.3 Å². The molecule has 0 spiro atoms. The Hall–Kier alpha value is -2.32. The molecule has 2 aromatic rings. The number of anilines is 1. The third-order valence-electron chi connectivity index (χ3n) is 4.48. The number of nitrogens with zero attached hydrogens (tertiary/aromatic N) is 1. The van der Waals surface area contributed by atoms with E-state index in [4.69, 9.17) is 0 Å². The lowest BCUT2D eigenvalue weighted by atomic mass is 10.1. The van der Waals surface area contributed by atoms with Gasteiger partial charge in [-0.2, -0.15) is 11.8 Å². The third kappa shape index (κ3) is 4.56. The molecule has 3 rings (SSSR count). The first kappa shape index (κ1) is 20.4. The van der Waals surface area contributed by atoms with E-state index in [1.165, 1.54) is 11.6 Å². The van der Waals surface area contributed by atoms with E-state index in [1.807, 2.05) is 30.5 Å². The summed E-state index contributed by atoms with van der Waals surface area (Å²) in [7, 11) is -3.63. The van der Waals surface area contributed by atoms with Crippen molar-refractivity contribution in [1.82, 2.24) is 4.72 Å². The average Bonchev–Trinajstić information content (AvgIpc) is 2.96. The number of benzene rings is 2. The summed E-state index contributed by atoms with van der Waals surface area (Å²) in [5.41, 5.74) is 2.38. The molecule has 0 bridgehead atoms. The lowest BCUT2D eigenvalue weighted by molar-refractivity contribution is -0.117. The van der Waals surface area contributed by atoms with Gasteiger partial charge in [0.05, 0.1) is 4.90 Å². The summed E-state index contributed by atoms with van der Waals surface area (Å²) in [5, 5.41) is 2.89. The fourth-order valence-corrected chi connectivity index (χ4v) is 4.62. The number of carbonyl (C=O) groups excluding carboxylic acids is 1. The molecule has 8 heteroatoms. The molecule has 28 heavy (non-hydrogen) atoms. The van der Waals surface area contributed by atoms with E-state index in [-0.39, 0.29) is 16.6 Å². The highest BCUT2D eigenvalue weighted by molar-refractivity contribution is 7.98. The van der Waals surface area contributed by atoms with Crippen LogP contribution in [0.4, 0.5) is 5.69 Å². The minimum Gasteiger partial charge on any atom is -0.324 e. The maximum Gasteiger partial charge on any atom is 0.263 e. The Labute approximate surface area is 169 Å². The second-order valence-electron chi connectivity index (χ2n) is 6.42. The Kier molecular flexibility index (Phi) is 6.41. The number of hydrogen-bond donors (Lipinski definition) is 2. The van der Waals surface area contributed by atoms with E-state index in [2.05, 4.69) is 22.0 Å². The molecule has 0 saturated carbocycles. The predicted octanol–water partition coefficient (Wildman–Crippen LogP) is 3.05. The fourth-order valence-electron chi connectivity index (χ4n) is 2.92. The molecule has 1 aliphatic rings. The number of thioether (sulfide) groups is 1. The largest absolute Gasteiger partial charge is 0.324 e. The Bertz CT molecular complexity index is 986. The number of nitrogens with one attached hydrogen (secondary N) is 2. The summed E-state index contributed by atoms with van der Waals surface area (Å²) in [4.78, 5) is 17.5. The van der Waals surface area contributed by atoms with Crippen LogP contribution in [0.3, 0.4) is 0 Å². The molecule has 1 amide bonds. The van der Waals surface area contributed by atoms with Crippen molar-refractivity contribution >= 4 is 39.2 Å². The molecule has 2 N–H and O–H groups in total. The normalized spacial score (nSPS) is 17.0. The van der Waals surface area contributed by atoms with Gasteiger partial charge in [-0.15, -0.1) is 0 Å². The molecule has 0 unspecified atom stereocenters. The zero-order chi connectivity index (χ0) is 20.1. The van der Waals surface area contributed by atoms with Crippen LogP contribution in [0, 0.1) is 0 Å². The number of amides is 1. The Balaban J connectivity index is 1.86. The van der Waals surface area contributed by atoms with Crippen LogP contribution in [0.15, 0.2) is 58.4 Å². The molecule has 1 aliphatic heterocycles. The van der Waals surface area contributed by atoms with Crippen molar-refractivity contribution < 1.29 is 13.2 Å². The van der Waals surface area contributed by atoms with Crippen molar-refractivity contribution in [3.63, 3.8) is 0 Å². The predicted molar refractivity (Wildman–Crippen MR) is 115 cm³/mol. The number of hydrogen-bond acceptors (Lipinski definition) is 5. The van der Waals surface area contributed by atoms with Gasteiger partial charge in [-0.25, -0.2) is 8.42 Å². The van der Waals surface area contributed by atoms with Crippen molar-refractivity contribution in [2.24, 2.45) is 4.99 Å². The summed E-state index contributed by atoms with van der Waals surface area (Å²) in [6.07, 6.45) is 3.39. The highest BCUT2D eigenvalue weighted by atomic mass is 32.2. The number of carbonyl (C=O) groups is 1. The van der Waals surface area contributed by atoms with Gasteiger partial charge in [-0.3, -0.25) is 14.5 Å². The van der Waals surface area contributed by atoms with Crippen LogP contribution in [-0.2, 0) is 21.2 Å². The fraction of sp³-hybridized carbons (Fsp3) is 0.300. The number of rotatable bonds is 7. The van der Waals surface area contributed by atoms with E-state index in [9.17, 15) is 13.2 Å². The third-order valence-corrected chi connectivity index (χ3v) is 6.52. The van der Waals surface area contributed by atoms with Crippen LogP contribution < -0.4 is 10.0 Å². The van der Waals surface area contributed by atoms with E-state index in [0.717, 1.165) is 12.2 Å². The number of sulfonamides is 1. The van der Waals surface area contributed by atoms with Gasteiger partial charge in [-0.1, -0.05) is 31.2 Å². The van der Waals surface area contributed by atoms with Crippen molar-refractivity contribution in [3.8, 4) is 0 Å². The van der Waals surface area contributed by atoms with Crippen LogP contribution in [0.25, 0.3) is 0 Å². The van der Waals surface area contributed by atoms with E-state index < -0.39 is 16.1 Å². The summed E-state index contributed by atoms with van der Waals surface area (Å²) in [5.74, 6) is 0.699. The van der Waals surface area contributed by atoms with Gasteiger partial charge in [0.15, 0.2) is 0 Å². The van der Waals surface area contributed by atoms with Crippen molar-refractivity contribution in [1.29, 1.82) is 0 Å². The topological polar surface area (TPSA) is 87.6 Å². The molecule has 1 heterocycles. The maximum absolute atomic E-state index is 12.8. The Morgan fingerprint density at radius 1 is 1.18 bits per heavy atom. The van der Waals surface area contributed by atoms with Gasteiger partial charge >= 0.3 is 0 Å². The SMILES string of the molecule is CCc1ccc(NC(=O)[C@@H](CCSC)N=C2NS(=O)(=O)c3ccccc32)cc1. The Morgan fingerprint density at radius 2 is 1.89 bits per heavy atom. The molecule has 6 nitrogen and oxygen atoms in total. The Morgan fingerprint density at radius 3 is 2.57 bits per heavy atom. The van der Waals surface area contributed by atoms with Crippen molar-refractivity contribution in [2.45, 2.75) is 30.7 Å². The highest BCUT2D eigenvalue weighted by Gasteiger charge is 2.31. The number of fused-ring (bicyclic) bond motifs is 1. The molecule has 0 radical (unpaired) electrons. The van der Waals surface area contributed by atoms with Gasteiger partial charge in [-0.05, 0) is 54.7 Å².